The van der Waals surface area contributed by atoms with Gasteiger partial charge in [0.1, 0.15) is 5.75 Å². The maximum Gasteiger partial charge on any atom is 0.251 e. The summed E-state index contributed by atoms with van der Waals surface area (Å²) in [6.07, 6.45) is 0. The van der Waals surface area contributed by atoms with Gasteiger partial charge in [0.2, 0.25) is 5.91 Å². The number of para-hydroxylation sites is 3. The lowest BCUT2D eigenvalue weighted by Gasteiger charge is -2.22. The Morgan fingerprint density at radius 1 is 0.933 bits per heavy atom. The molecule has 3 aromatic rings. The number of amides is 2. The molecular formula is C24H25N3O3. The molecule has 6 heteroatoms. The maximum atomic E-state index is 12.6. The van der Waals surface area contributed by atoms with E-state index in [-0.39, 0.29) is 18.4 Å². The third-order valence-corrected chi connectivity index (χ3v) is 4.37. The zero-order chi connectivity index (χ0) is 21.3. The van der Waals surface area contributed by atoms with Gasteiger partial charge in [0.15, 0.2) is 5.75 Å². The summed E-state index contributed by atoms with van der Waals surface area (Å²) in [6, 6.07) is 23.9. The second-order valence-corrected chi connectivity index (χ2v) is 6.73. The molecule has 2 N–H and O–H groups in total. The van der Waals surface area contributed by atoms with Crippen LogP contribution in [-0.4, -0.2) is 32.0 Å². The fourth-order valence-corrected chi connectivity index (χ4v) is 2.98. The van der Waals surface area contributed by atoms with Crippen LogP contribution >= 0.6 is 0 Å². The van der Waals surface area contributed by atoms with Crippen molar-refractivity contribution in [1.82, 2.24) is 5.32 Å². The van der Waals surface area contributed by atoms with E-state index in [1.807, 2.05) is 73.5 Å². The SMILES string of the molecule is CCNC(=O)c1cccc(NC(=O)CN(C)c2ccccc2Oc2ccccc2)c1. The van der Waals surface area contributed by atoms with Crippen molar-refractivity contribution < 1.29 is 14.3 Å². The van der Waals surface area contributed by atoms with Crippen molar-refractivity contribution in [2.75, 3.05) is 30.4 Å². The van der Waals surface area contributed by atoms with Crippen molar-refractivity contribution in [3.05, 3.63) is 84.4 Å². The average Bonchev–Trinajstić information content (AvgIpc) is 2.75. The molecule has 3 aromatic carbocycles. The molecule has 0 fully saturated rings. The van der Waals surface area contributed by atoms with Gasteiger partial charge in [-0.2, -0.15) is 0 Å². The number of hydrogen-bond acceptors (Lipinski definition) is 4. The third kappa shape index (κ3) is 5.61. The van der Waals surface area contributed by atoms with Crippen LogP contribution in [0.2, 0.25) is 0 Å². The van der Waals surface area contributed by atoms with Crippen molar-refractivity contribution in [3.63, 3.8) is 0 Å². The highest BCUT2D eigenvalue weighted by Crippen LogP contribution is 2.31. The van der Waals surface area contributed by atoms with Crippen LogP contribution < -0.4 is 20.3 Å². The summed E-state index contributed by atoms with van der Waals surface area (Å²) in [6.45, 7) is 2.53. The number of nitrogens with zero attached hydrogens (tertiary/aromatic N) is 1. The summed E-state index contributed by atoms with van der Waals surface area (Å²) in [4.78, 5) is 26.4. The minimum Gasteiger partial charge on any atom is -0.455 e. The highest BCUT2D eigenvalue weighted by molar-refractivity contribution is 5.98. The molecule has 0 aliphatic carbocycles. The number of likely N-dealkylation sites (N-methyl/N-ethyl adjacent to an activating group) is 1. The minimum atomic E-state index is -0.194. The summed E-state index contributed by atoms with van der Waals surface area (Å²) in [5, 5.41) is 5.60. The molecule has 0 spiro atoms. The molecule has 0 saturated heterocycles. The summed E-state index contributed by atoms with van der Waals surface area (Å²) < 4.78 is 5.98. The van der Waals surface area contributed by atoms with Crippen molar-refractivity contribution in [2.45, 2.75) is 6.92 Å². The van der Waals surface area contributed by atoms with E-state index in [0.717, 1.165) is 11.4 Å². The summed E-state index contributed by atoms with van der Waals surface area (Å²) in [5.41, 5.74) is 1.88. The summed E-state index contributed by atoms with van der Waals surface area (Å²) >= 11 is 0. The van der Waals surface area contributed by atoms with Gasteiger partial charge in [-0.1, -0.05) is 36.4 Å². The van der Waals surface area contributed by atoms with Crippen molar-refractivity contribution in [2.24, 2.45) is 0 Å². The Hall–Kier alpha value is -3.80. The Morgan fingerprint density at radius 3 is 2.43 bits per heavy atom. The van der Waals surface area contributed by atoms with Crippen LogP contribution in [0.1, 0.15) is 17.3 Å². The van der Waals surface area contributed by atoms with Crippen molar-refractivity contribution in [3.8, 4) is 11.5 Å². The number of nitrogens with one attached hydrogen (secondary N) is 2. The van der Waals surface area contributed by atoms with Crippen LogP contribution in [0.4, 0.5) is 11.4 Å². The fourth-order valence-electron chi connectivity index (χ4n) is 2.98. The predicted octanol–water partition coefficient (Wildman–Crippen LogP) is 4.30. The van der Waals surface area contributed by atoms with Crippen molar-refractivity contribution in [1.29, 1.82) is 0 Å². The van der Waals surface area contributed by atoms with Crippen LogP contribution in [-0.2, 0) is 4.79 Å². The lowest BCUT2D eigenvalue weighted by Crippen LogP contribution is -2.30. The van der Waals surface area contributed by atoms with E-state index in [4.69, 9.17) is 4.74 Å². The Morgan fingerprint density at radius 2 is 1.67 bits per heavy atom. The van der Waals surface area contributed by atoms with Gasteiger partial charge in [0.25, 0.3) is 5.91 Å². The number of hydrogen-bond donors (Lipinski definition) is 2. The maximum absolute atomic E-state index is 12.6. The molecule has 154 valence electrons. The number of benzene rings is 3. The van der Waals surface area contributed by atoms with Crippen molar-refractivity contribution >= 4 is 23.2 Å². The zero-order valence-corrected chi connectivity index (χ0v) is 17.1. The molecule has 0 atom stereocenters. The topological polar surface area (TPSA) is 70.7 Å². The highest BCUT2D eigenvalue weighted by Gasteiger charge is 2.13. The van der Waals surface area contributed by atoms with Crippen LogP contribution in [0.25, 0.3) is 0 Å². The van der Waals surface area contributed by atoms with Crippen LogP contribution in [0, 0.1) is 0 Å². The lowest BCUT2D eigenvalue weighted by atomic mass is 10.2. The minimum absolute atomic E-state index is 0.126. The third-order valence-electron chi connectivity index (χ3n) is 4.37. The van der Waals surface area contributed by atoms with E-state index in [9.17, 15) is 9.59 Å². The van der Waals surface area contributed by atoms with Gasteiger partial charge in [0, 0.05) is 24.8 Å². The van der Waals surface area contributed by atoms with E-state index in [1.165, 1.54) is 0 Å². The zero-order valence-electron chi connectivity index (χ0n) is 17.1. The Bertz CT molecular complexity index is 1010. The lowest BCUT2D eigenvalue weighted by molar-refractivity contribution is -0.114. The van der Waals surface area contributed by atoms with Gasteiger partial charge in [0.05, 0.1) is 12.2 Å². The van der Waals surface area contributed by atoms with Gasteiger partial charge in [-0.15, -0.1) is 0 Å². The second kappa shape index (κ2) is 10.1. The van der Waals surface area contributed by atoms with E-state index in [2.05, 4.69) is 10.6 Å². The first-order chi connectivity index (χ1) is 14.6. The molecular weight excluding hydrogens is 378 g/mol. The molecule has 0 aromatic heterocycles. The molecule has 0 bridgehead atoms. The molecule has 0 aliphatic heterocycles. The molecule has 2 amide bonds. The quantitative estimate of drug-likeness (QED) is 0.588. The van der Waals surface area contributed by atoms with E-state index >= 15 is 0 Å². The number of ether oxygens (including phenoxy) is 1. The molecule has 3 rings (SSSR count). The van der Waals surface area contributed by atoms with E-state index in [0.29, 0.717) is 23.5 Å². The summed E-state index contributed by atoms with van der Waals surface area (Å²) in [5.74, 6) is 1.03. The monoisotopic (exact) mass is 403 g/mol. The number of carbonyl (C=O) groups excluding carboxylic acids is 2. The van der Waals surface area contributed by atoms with E-state index in [1.54, 1.807) is 24.3 Å². The van der Waals surface area contributed by atoms with Crippen LogP contribution in [0.5, 0.6) is 11.5 Å². The molecule has 0 saturated carbocycles. The highest BCUT2D eigenvalue weighted by atomic mass is 16.5. The molecule has 6 nitrogen and oxygen atoms in total. The average molecular weight is 403 g/mol. The number of rotatable bonds is 8. The van der Waals surface area contributed by atoms with E-state index < -0.39 is 0 Å². The number of anilines is 2. The van der Waals surface area contributed by atoms with Gasteiger partial charge >= 0.3 is 0 Å². The van der Waals surface area contributed by atoms with Crippen LogP contribution in [0.3, 0.4) is 0 Å². The fraction of sp³-hybridized carbons (Fsp3) is 0.167. The normalized spacial score (nSPS) is 10.2. The molecule has 0 unspecified atom stereocenters. The van der Waals surface area contributed by atoms with Gasteiger partial charge in [-0.3, -0.25) is 9.59 Å². The van der Waals surface area contributed by atoms with Gasteiger partial charge < -0.3 is 20.3 Å². The largest absolute Gasteiger partial charge is 0.455 e. The molecule has 30 heavy (non-hydrogen) atoms. The Balaban J connectivity index is 1.67. The molecule has 0 aliphatic rings. The van der Waals surface area contributed by atoms with Gasteiger partial charge in [-0.25, -0.2) is 0 Å². The standard InChI is InChI=1S/C24H25N3O3/c1-3-25-24(29)18-10-9-11-19(16-18)26-23(28)17-27(2)21-14-7-8-15-22(21)30-20-12-5-4-6-13-20/h4-16H,3,17H2,1-2H3,(H,25,29)(H,26,28). The molecule has 0 heterocycles. The number of carbonyl (C=O) groups is 2. The first-order valence-corrected chi connectivity index (χ1v) is 9.78. The smallest absolute Gasteiger partial charge is 0.251 e. The predicted molar refractivity (Wildman–Crippen MR) is 119 cm³/mol. The summed E-state index contributed by atoms with van der Waals surface area (Å²) in [7, 11) is 1.83. The van der Waals surface area contributed by atoms with Crippen LogP contribution in [0.15, 0.2) is 78.9 Å². The second-order valence-electron chi connectivity index (χ2n) is 6.73. The Labute approximate surface area is 176 Å². The Kier molecular flexibility index (Phi) is 7.05. The van der Waals surface area contributed by atoms with Gasteiger partial charge in [-0.05, 0) is 49.4 Å². The first kappa shape index (κ1) is 20.9. The molecule has 0 radical (unpaired) electrons. The first-order valence-electron chi connectivity index (χ1n) is 9.78.